The Kier molecular flexibility index (Phi) is 7.55. The van der Waals surface area contributed by atoms with Crippen molar-refractivity contribution in [2.24, 2.45) is 0 Å². The Bertz CT molecular complexity index is 1070. The van der Waals surface area contributed by atoms with Gasteiger partial charge in [0.15, 0.2) is 6.61 Å². The molecule has 2 heterocycles. The zero-order valence-corrected chi connectivity index (χ0v) is 20.1. The molecule has 0 atom stereocenters. The van der Waals surface area contributed by atoms with Gasteiger partial charge in [0.2, 0.25) is 10.0 Å². The largest absolute Gasteiger partial charge is 0.484 e. The van der Waals surface area contributed by atoms with E-state index in [0.29, 0.717) is 24.5 Å². The van der Waals surface area contributed by atoms with Crippen molar-refractivity contribution in [2.75, 3.05) is 43.0 Å². The maximum atomic E-state index is 13.2. The van der Waals surface area contributed by atoms with Gasteiger partial charge in [-0.25, -0.2) is 8.42 Å². The van der Waals surface area contributed by atoms with Gasteiger partial charge >= 0.3 is 0 Å². The van der Waals surface area contributed by atoms with Gasteiger partial charge in [-0.1, -0.05) is 18.6 Å². The van der Waals surface area contributed by atoms with Crippen LogP contribution in [0.25, 0.3) is 0 Å². The standard InChI is InChI=1S/C25H33N3O4S/c1-20-9-8-10-21(17-20)32-19-25(29)26-23-18-22(33(30,31)28-15-6-3-7-16-28)11-12-24(23)27-13-4-2-5-14-27/h8-12,17-18H,2-7,13-16,19H2,1H3,(H,26,29). The first-order valence-electron chi connectivity index (χ1n) is 11.8. The molecule has 0 bridgehead atoms. The maximum absolute atomic E-state index is 13.2. The predicted molar refractivity (Wildman–Crippen MR) is 130 cm³/mol. The molecule has 178 valence electrons. The molecular formula is C25H33N3O4S. The van der Waals surface area contributed by atoms with Crippen molar-refractivity contribution in [3.63, 3.8) is 0 Å². The third-order valence-corrected chi connectivity index (χ3v) is 8.15. The molecule has 1 N–H and O–H groups in total. The van der Waals surface area contributed by atoms with Crippen LogP contribution < -0.4 is 15.0 Å². The van der Waals surface area contributed by atoms with Crippen molar-refractivity contribution in [2.45, 2.75) is 50.3 Å². The Hall–Kier alpha value is -2.58. The number of benzene rings is 2. The highest BCUT2D eigenvalue weighted by Gasteiger charge is 2.27. The minimum Gasteiger partial charge on any atom is -0.484 e. The first kappa shape index (κ1) is 23.6. The molecule has 2 fully saturated rings. The van der Waals surface area contributed by atoms with E-state index in [1.807, 2.05) is 37.3 Å². The third-order valence-electron chi connectivity index (χ3n) is 6.25. The van der Waals surface area contributed by atoms with Crippen molar-refractivity contribution in [3.8, 4) is 5.75 Å². The van der Waals surface area contributed by atoms with Crippen LogP contribution in [0.4, 0.5) is 11.4 Å². The van der Waals surface area contributed by atoms with Gasteiger partial charge in [0.25, 0.3) is 5.91 Å². The SMILES string of the molecule is Cc1cccc(OCC(=O)Nc2cc(S(=O)(=O)N3CCCCC3)ccc2N2CCCCC2)c1. The van der Waals surface area contributed by atoms with Crippen molar-refractivity contribution in [3.05, 3.63) is 48.0 Å². The van der Waals surface area contributed by atoms with Gasteiger partial charge in [-0.05, 0) is 74.9 Å². The van der Waals surface area contributed by atoms with Crippen LogP contribution in [0.5, 0.6) is 5.75 Å². The van der Waals surface area contributed by atoms with Gasteiger partial charge < -0.3 is 15.0 Å². The summed E-state index contributed by atoms with van der Waals surface area (Å²) >= 11 is 0. The maximum Gasteiger partial charge on any atom is 0.262 e. The monoisotopic (exact) mass is 471 g/mol. The average molecular weight is 472 g/mol. The zero-order valence-electron chi connectivity index (χ0n) is 19.3. The molecule has 2 aromatic carbocycles. The van der Waals surface area contributed by atoms with Crippen molar-refractivity contribution in [1.29, 1.82) is 0 Å². The van der Waals surface area contributed by atoms with E-state index >= 15 is 0 Å². The second kappa shape index (κ2) is 10.6. The number of nitrogens with one attached hydrogen (secondary N) is 1. The summed E-state index contributed by atoms with van der Waals surface area (Å²) in [4.78, 5) is 15.2. The summed E-state index contributed by atoms with van der Waals surface area (Å²) < 4.78 is 33.7. The lowest BCUT2D eigenvalue weighted by molar-refractivity contribution is -0.118. The van der Waals surface area contributed by atoms with Crippen LogP contribution in [-0.2, 0) is 14.8 Å². The molecule has 0 spiro atoms. The number of hydrogen-bond acceptors (Lipinski definition) is 5. The van der Waals surface area contributed by atoms with Crippen LogP contribution >= 0.6 is 0 Å². The summed E-state index contributed by atoms with van der Waals surface area (Å²) in [6.07, 6.45) is 6.16. The van der Waals surface area contributed by atoms with Crippen LogP contribution in [0.15, 0.2) is 47.4 Å². The van der Waals surface area contributed by atoms with Crippen molar-refractivity contribution in [1.82, 2.24) is 4.31 Å². The third kappa shape index (κ3) is 5.86. The molecule has 2 aliphatic heterocycles. The molecule has 7 nitrogen and oxygen atoms in total. The lowest BCUT2D eigenvalue weighted by Crippen LogP contribution is -2.36. The molecule has 0 aromatic heterocycles. The topological polar surface area (TPSA) is 78.9 Å². The van der Waals surface area contributed by atoms with E-state index in [9.17, 15) is 13.2 Å². The fourth-order valence-corrected chi connectivity index (χ4v) is 6.02. The molecule has 2 aliphatic rings. The number of aryl methyl sites for hydroxylation is 1. The van der Waals surface area contributed by atoms with Gasteiger partial charge in [-0.3, -0.25) is 4.79 Å². The molecule has 0 unspecified atom stereocenters. The van der Waals surface area contributed by atoms with E-state index < -0.39 is 10.0 Å². The minimum atomic E-state index is -3.60. The number of nitrogens with zero attached hydrogens (tertiary/aromatic N) is 2. The fourth-order valence-electron chi connectivity index (χ4n) is 4.48. The first-order chi connectivity index (χ1) is 15.9. The molecule has 0 saturated carbocycles. The highest BCUT2D eigenvalue weighted by atomic mass is 32.2. The van der Waals surface area contributed by atoms with E-state index in [1.54, 1.807) is 16.4 Å². The van der Waals surface area contributed by atoms with Crippen LogP contribution in [0.1, 0.15) is 44.1 Å². The van der Waals surface area contributed by atoms with E-state index in [-0.39, 0.29) is 17.4 Å². The number of hydrogen-bond donors (Lipinski definition) is 1. The number of anilines is 2. The summed E-state index contributed by atoms with van der Waals surface area (Å²) in [5.41, 5.74) is 2.43. The quantitative estimate of drug-likeness (QED) is 0.656. The van der Waals surface area contributed by atoms with Crippen LogP contribution in [0.2, 0.25) is 0 Å². The molecule has 33 heavy (non-hydrogen) atoms. The Labute approximate surface area is 196 Å². The molecule has 1 amide bonds. The summed E-state index contributed by atoms with van der Waals surface area (Å²) in [6.45, 7) is 4.68. The molecule has 2 aromatic rings. The van der Waals surface area contributed by atoms with E-state index in [0.717, 1.165) is 56.4 Å². The Morgan fingerprint density at radius 2 is 1.64 bits per heavy atom. The second-order valence-electron chi connectivity index (χ2n) is 8.84. The summed E-state index contributed by atoms with van der Waals surface area (Å²) in [5, 5.41) is 2.92. The van der Waals surface area contributed by atoms with Gasteiger partial charge in [0, 0.05) is 26.2 Å². The number of piperidine rings is 2. The first-order valence-corrected chi connectivity index (χ1v) is 13.3. The average Bonchev–Trinajstić information content (AvgIpc) is 2.84. The Morgan fingerprint density at radius 3 is 2.33 bits per heavy atom. The van der Waals surface area contributed by atoms with Gasteiger partial charge in [0.1, 0.15) is 5.75 Å². The van der Waals surface area contributed by atoms with Crippen LogP contribution in [0, 0.1) is 6.92 Å². The summed E-state index contributed by atoms with van der Waals surface area (Å²) in [6, 6.07) is 12.6. The molecule has 2 saturated heterocycles. The normalized spacial score (nSPS) is 17.5. The van der Waals surface area contributed by atoms with Gasteiger partial charge in [-0.2, -0.15) is 4.31 Å². The van der Waals surface area contributed by atoms with Crippen molar-refractivity contribution < 1.29 is 17.9 Å². The second-order valence-corrected chi connectivity index (χ2v) is 10.8. The fraction of sp³-hybridized carbons (Fsp3) is 0.480. The molecular weight excluding hydrogens is 438 g/mol. The number of rotatable bonds is 7. The Morgan fingerprint density at radius 1 is 0.939 bits per heavy atom. The lowest BCUT2D eigenvalue weighted by atomic mass is 10.1. The number of amides is 1. The lowest BCUT2D eigenvalue weighted by Gasteiger charge is -2.31. The molecule has 8 heteroatoms. The minimum absolute atomic E-state index is 0.147. The summed E-state index contributed by atoms with van der Waals surface area (Å²) in [5.74, 6) is 0.310. The number of carbonyl (C=O) groups is 1. The van der Waals surface area contributed by atoms with E-state index in [1.165, 1.54) is 6.42 Å². The smallest absolute Gasteiger partial charge is 0.262 e. The Balaban J connectivity index is 1.56. The predicted octanol–water partition coefficient (Wildman–Crippen LogP) is 4.18. The number of ether oxygens (including phenoxy) is 1. The van der Waals surface area contributed by atoms with Crippen LogP contribution in [-0.4, -0.2) is 51.4 Å². The van der Waals surface area contributed by atoms with E-state index in [2.05, 4.69) is 10.2 Å². The van der Waals surface area contributed by atoms with E-state index in [4.69, 9.17) is 4.74 Å². The number of carbonyl (C=O) groups excluding carboxylic acids is 1. The van der Waals surface area contributed by atoms with Gasteiger partial charge in [0.05, 0.1) is 16.3 Å². The zero-order chi connectivity index (χ0) is 23.3. The van der Waals surface area contributed by atoms with Crippen molar-refractivity contribution >= 4 is 27.3 Å². The summed E-state index contributed by atoms with van der Waals surface area (Å²) in [7, 11) is -3.60. The highest BCUT2D eigenvalue weighted by molar-refractivity contribution is 7.89. The molecule has 4 rings (SSSR count). The highest BCUT2D eigenvalue weighted by Crippen LogP contribution is 2.32. The van der Waals surface area contributed by atoms with Crippen LogP contribution in [0.3, 0.4) is 0 Å². The van der Waals surface area contributed by atoms with Gasteiger partial charge in [-0.15, -0.1) is 0 Å². The molecule has 0 aliphatic carbocycles. The number of sulfonamides is 1. The molecule has 0 radical (unpaired) electrons.